The zero-order chi connectivity index (χ0) is 18.4. The van der Waals surface area contributed by atoms with E-state index in [9.17, 15) is 8.78 Å². The first kappa shape index (κ1) is 16.4. The number of fused-ring (bicyclic) bond motifs is 2. The van der Waals surface area contributed by atoms with Crippen LogP contribution in [0.4, 0.5) is 8.78 Å². The van der Waals surface area contributed by atoms with Crippen LogP contribution in [-0.2, 0) is 0 Å². The van der Waals surface area contributed by atoms with Crippen molar-refractivity contribution in [3.05, 3.63) is 36.4 Å². The SMILES string of the molecule is Cc1nc2ncc(-c3c[nH]c4nc(OC(F)F)ccc34)cc2n1C(C)C. The first-order valence-corrected chi connectivity index (χ1v) is 8.22. The van der Waals surface area contributed by atoms with E-state index < -0.39 is 6.61 Å². The van der Waals surface area contributed by atoms with Crippen molar-refractivity contribution < 1.29 is 13.5 Å². The number of alkyl halides is 2. The Morgan fingerprint density at radius 1 is 1.19 bits per heavy atom. The molecule has 0 saturated heterocycles. The van der Waals surface area contributed by atoms with Gasteiger partial charge in [-0.05, 0) is 32.9 Å². The molecule has 4 aromatic rings. The minimum Gasteiger partial charge on any atom is -0.417 e. The van der Waals surface area contributed by atoms with Gasteiger partial charge in [0.05, 0.1) is 5.52 Å². The summed E-state index contributed by atoms with van der Waals surface area (Å²) in [4.78, 5) is 16.1. The number of halogens is 2. The lowest BCUT2D eigenvalue weighted by atomic mass is 10.1. The lowest BCUT2D eigenvalue weighted by Gasteiger charge is -2.11. The number of pyridine rings is 2. The van der Waals surface area contributed by atoms with Crippen molar-refractivity contribution in [2.45, 2.75) is 33.4 Å². The van der Waals surface area contributed by atoms with Gasteiger partial charge in [-0.3, -0.25) is 0 Å². The standard InChI is InChI=1S/C18H17F2N5O/c1-9(2)25-10(3)23-17-14(25)6-11(7-21-17)13-8-22-16-12(13)4-5-15(24-16)26-18(19)20/h4-9,18H,1-3H3,(H,22,24). The van der Waals surface area contributed by atoms with Gasteiger partial charge in [0.1, 0.15) is 11.5 Å². The molecule has 4 rings (SSSR count). The van der Waals surface area contributed by atoms with Crippen LogP contribution in [0.25, 0.3) is 33.3 Å². The van der Waals surface area contributed by atoms with Crippen molar-refractivity contribution in [3.63, 3.8) is 0 Å². The Kier molecular flexibility index (Phi) is 3.82. The molecular weight excluding hydrogens is 340 g/mol. The second-order valence-electron chi connectivity index (χ2n) is 6.32. The maximum atomic E-state index is 12.4. The number of rotatable bonds is 4. The van der Waals surface area contributed by atoms with Gasteiger partial charge in [-0.1, -0.05) is 0 Å². The van der Waals surface area contributed by atoms with Gasteiger partial charge >= 0.3 is 6.61 Å². The Hall–Kier alpha value is -3.03. The van der Waals surface area contributed by atoms with Gasteiger partial charge in [0, 0.05) is 41.0 Å². The van der Waals surface area contributed by atoms with Crippen molar-refractivity contribution in [3.8, 4) is 17.0 Å². The molecule has 134 valence electrons. The monoisotopic (exact) mass is 357 g/mol. The van der Waals surface area contributed by atoms with Crippen LogP contribution in [0.5, 0.6) is 5.88 Å². The first-order chi connectivity index (χ1) is 12.4. The molecule has 8 heteroatoms. The van der Waals surface area contributed by atoms with E-state index in [1.165, 1.54) is 6.07 Å². The summed E-state index contributed by atoms with van der Waals surface area (Å²) in [5.41, 5.74) is 3.92. The Morgan fingerprint density at radius 3 is 2.73 bits per heavy atom. The number of aromatic nitrogens is 5. The molecule has 4 heterocycles. The average molecular weight is 357 g/mol. The van der Waals surface area contributed by atoms with Gasteiger partial charge in [0.15, 0.2) is 5.65 Å². The number of ether oxygens (including phenoxy) is 1. The maximum absolute atomic E-state index is 12.4. The van der Waals surface area contributed by atoms with Crippen molar-refractivity contribution in [2.75, 3.05) is 0 Å². The fourth-order valence-electron chi connectivity index (χ4n) is 3.27. The summed E-state index contributed by atoms with van der Waals surface area (Å²) in [5, 5.41) is 0.806. The number of aromatic amines is 1. The first-order valence-electron chi connectivity index (χ1n) is 8.22. The van der Waals surface area contributed by atoms with Gasteiger partial charge in [-0.15, -0.1) is 0 Å². The molecule has 6 nitrogen and oxygen atoms in total. The fourth-order valence-corrected chi connectivity index (χ4v) is 3.27. The molecule has 0 aliphatic heterocycles. The molecule has 0 aliphatic carbocycles. The Morgan fingerprint density at radius 2 is 2.00 bits per heavy atom. The molecule has 0 atom stereocenters. The lowest BCUT2D eigenvalue weighted by Crippen LogP contribution is -2.03. The third kappa shape index (κ3) is 2.67. The van der Waals surface area contributed by atoms with E-state index in [1.54, 1.807) is 18.5 Å². The van der Waals surface area contributed by atoms with Gasteiger partial charge < -0.3 is 14.3 Å². The van der Waals surface area contributed by atoms with Crippen molar-refractivity contribution in [2.24, 2.45) is 0 Å². The highest BCUT2D eigenvalue weighted by Gasteiger charge is 2.15. The normalized spacial score (nSPS) is 12.0. The summed E-state index contributed by atoms with van der Waals surface area (Å²) in [6.07, 6.45) is 3.54. The topological polar surface area (TPSA) is 68.6 Å². The number of nitrogens with zero attached hydrogens (tertiary/aromatic N) is 4. The molecule has 0 amide bonds. The van der Waals surface area contributed by atoms with Crippen LogP contribution >= 0.6 is 0 Å². The maximum Gasteiger partial charge on any atom is 0.388 e. The average Bonchev–Trinajstić information content (AvgIpc) is 3.12. The van der Waals surface area contributed by atoms with Gasteiger partial charge in [0.2, 0.25) is 5.88 Å². The van der Waals surface area contributed by atoms with Crippen molar-refractivity contribution in [1.29, 1.82) is 0 Å². The summed E-state index contributed by atoms with van der Waals surface area (Å²) in [6, 6.07) is 5.44. The van der Waals surface area contributed by atoms with Crippen LogP contribution in [-0.4, -0.2) is 31.1 Å². The van der Waals surface area contributed by atoms with Gasteiger partial charge in [-0.2, -0.15) is 13.8 Å². The zero-order valence-electron chi connectivity index (χ0n) is 14.5. The van der Waals surface area contributed by atoms with Crippen LogP contribution in [0.2, 0.25) is 0 Å². The molecule has 4 aromatic heterocycles. The largest absolute Gasteiger partial charge is 0.417 e. The van der Waals surface area contributed by atoms with E-state index in [1.807, 2.05) is 13.0 Å². The molecule has 0 fully saturated rings. The Balaban J connectivity index is 1.83. The molecular formula is C18H17F2N5O. The summed E-state index contributed by atoms with van der Waals surface area (Å²) >= 11 is 0. The predicted molar refractivity (Wildman–Crippen MR) is 94.4 cm³/mol. The number of nitrogens with one attached hydrogen (secondary N) is 1. The number of hydrogen-bond acceptors (Lipinski definition) is 4. The highest BCUT2D eigenvalue weighted by Crippen LogP contribution is 2.31. The second kappa shape index (κ2) is 6.05. The number of aryl methyl sites for hydroxylation is 1. The van der Waals surface area contributed by atoms with Gasteiger partial charge in [0.25, 0.3) is 0 Å². The third-order valence-corrected chi connectivity index (χ3v) is 4.27. The molecule has 0 aliphatic rings. The van der Waals surface area contributed by atoms with Crippen LogP contribution in [0.3, 0.4) is 0 Å². The Labute approximate surface area is 147 Å². The minimum atomic E-state index is -2.90. The molecule has 26 heavy (non-hydrogen) atoms. The van der Waals surface area contributed by atoms with Crippen LogP contribution < -0.4 is 4.74 Å². The minimum absolute atomic E-state index is 0.122. The molecule has 1 N–H and O–H groups in total. The van der Waals surface area contributed by atoms with Crippen LogP contribution in [0, 0.1) is 6.92 Å². The predicted octanol–water partition coefficient (Wildman–Crippen LogP) is 4.47. The molecule has 0 unspecified atom stereocenters. The highest BCUT2D eigenvalue weighted by atomic mass is 19.3. The quantitative estimate of drug-likeness (QED) is 0.585. The summed E-state index contributed by atoms with van der Waals surface area (Å²) in [5.74, 6) is 0.789. The zero-order valence-corrected chi connectivity index (χ0v) is 14.5. The van der Waals surface area contributed by atoms with E-state index in [-0.39, 0.29) is 11.9 Å². The number of H-pyrrole nitrogens is 1. The molecule has 0 aromatic carbocycles. The third-order valence-electron chi connectivity index (χ3n) is 4.27. The van der Waals surface area contributed by atoms with Gasteiger partial charge in [-0.25, -0.2) is 9.97 Å². The van der Waals surface area contributed by atoms with E-state index >= 15 is 0 Å². The van der Waals surface area contributed by atoms with Crippen LogP contribution in [0.15, 0.2) is 30.6 Å². The summed E-state index contributed by atoms with van der Waals surface area (Å²) in [7, 11) is 0. The second-order valence-corrected chi connectivity index (χ2v) is 6.32. The fraction of sp³-hybridized carbons (Fsp3) is 0.278. The number of hydrogen-bond donors (Lipinski definition) is 1. The smallest absolute Gasteiger partial charge is 0.388 e. The molecule has 0 spiro atoms. The van der Waals surface area contributed by atoms with E-state index in [2.05, 4.69) is 43.1 Å². The molecule has 0 radical (unpaired) electrons. The van der Waals surface area contributed by atoms with Crippen LogP contribution in [0.1, 0.15) is 25.7 Å². The number of imidazole rings is 1. The van der Waals surface area contributed by atoms with Crippen molar-refractivity contribution >= 4 is 22.2 Å². The van der Waals surface area contributed by atoms with Crippen molar-refractivity contribution in [1.82, 2.24) is 24.5 Å². The Bertz CT molecular complexity index is 1100. The lowest BCUT2D eigenvalue weighted by molar-refractivity contribution is -0.0526. The van der Waals surface area contributed by atoms with E-state index in [4.69, 9.17) is 0 Å². The highest BCUT2D eigenvalue weighted by molar-refractivity contribution is 5.95. The molecule has 0 bridgehead atoms. The molecule has 0 saturated carbocycles. The van der Waals surface area contributed by atoms with E-state index in [0.29, 0.717) is 11.3 Å². The summed E-state index contributed by atoms with van der Waals surface area (Å²) in [6.45, 7) is 3.25. The van der Waals surface area contributed by atoms with E-state index in [0.717, 1.165) is 27.9 Å². The summed E-state index contributed by atoms with van der Waals surface area (Å²) < 4.78 is 31.2.